The third-order valence-corrected chi connectivity index (χ3v) is 6.19. The third kappa shape index (κ3) is 7.40. The highest BCUT2D eigenvalue weighted by Crippen LogP contribution is 2.25. The van der Waals surface area contributed by atoms with Gasteiger partial charge in [-0.3, -0.25) is 9.89 Å². The molecule has 0 bridgehead atoms. The Bertz CT molecular complexity index is 570. The van der Waals surface area contributed by atoms with E-state index in [2.05, 4.69) is 25.2 Å². The Kier molecular flexibility index (Phi) is 7.73. The van der Waals surface area contributed by atoms with E-state index in [9.17, 15) is 8.42 Å². The lowest BCUT2D eigenvalue weighted by molar-refractivity contribution is 0.115. The van der Waals surface area contributed by atoms with Gasteiger partial charge in [0.05, 0.1) is 6.26 Å². The van der Waals surface area contributed by atoms with Gasteiger partial charge in [-0.15, -0.1) is 0 Å². The Morgan fingerprint density at radius 2 is 1.85 bits per heavy atom. The molecular weight excluding hydrogens is 350 g/mol. The van der Waals surface area contributed by atoms with Gasteiger partial charge >= 0.3 is 0 Å². The molecule has 1 unspecified atom stereocenters. The summed E-state index contributed by atoms with van der Waals surface area (Å²) >= 11 is 0. The van der Waals surface area contributed by atoms with Crippen LogP contribution in [0.5, 0.6) is 0 Å². The van der Waals surface area contributed by atoms with Crippen LogP contribution in [0.15, 0.2) is 4.99 Å². The first-order chi connectivity index (χ1) is 12.2. The first-order valence-corrected chi connectivity index (χ1v) is 11.8. The smallest absolute Gasteiger partial charge is 0.209 e. The van der Waals surface area contributed by atoms with Crippen molar-refractivity contribution < 1.29 is 8.42 Å². The fraction of sp³-hybridized carbons (Fsp3) is 0.944. The van der Waals surface area contributed by atoms with Gasteiger partial charge in [-0.1, -0.05) is 19.3 Å². The molecule has 0 aromatic heterocycles. The van der Waals surface area contributed by atoms with Crippen molar-refractivity contribution in [1.29, 1.82) is 0 Å². The van der Waals surface area contributed by atoms with Crippen LogP contribution in [0.4, 0.5) is 0 Å². The molecule has 1 atom stereocenters. The maximum absolute atomic E-state index is 11.5. The second kappa shape index (κ2) is 9.37. The molecule has 1 heterocycles. The minimum absolute atomic E-state index is 0.392. The summed E-state index contributed by atoms with van der Waals surface area (Å²) in [4.78, 5) is 6.97. The van der Waals surface area contributed by atoms with Crippen LogP contribution in [0.2, 0.25) is 0 Å². The number of aliphatic imine (C=N–C) groups is 1. The number of hydrogen-bond acceptors (Lipinski definition) is 4. The van der Waals surface area contributed by atoms with Gasteiger partial charge in [-0.05, 0) is 46.1 Å². The van der Waals surface area contributed by atoms with E-state index in [4.69, 9.17) is 0 Å². The van der Waals surface area contributed by atoms with Gasteiger partial charge in [0.25, 0.3) is 0 Å². The fourth-order valence-electron chi connectivity index (χ4n) is 4.13. The molecule has 2 fully saturated rings. The largest absolute Gasteiger partial charge is 0.355 e. The summed E-state index contributed by atoms with van der Waals surface area (Å²) < 4.78 is 25.6. The molecule has 7 nitrogen and oxygen atoms in total. The Morgan fingerprint density at radius 1 is 1.15 bits per heavy atom. The molecule has 2 aliphatic rings. The van der Waals surface area contributed by atoms with E-state index in [1.165, 1.54) is 51.3 Å². The van der Waals surface area contributed by atoms with Crippen LogP contribution in [-0.2, 0) is 10.0 Å². The molecule has 1 saturated heterocycles. The van der Waals surface area contributed by atoms with Gasteiger partial charge in [0, 0.05) is 37.8 Å². The van der Waals surface area contributed by atoms with Gasteiger partial charge in [0.2, 0.25) is 10.0 Å². The first-order valence-electron chi connectivity index (χ1n) is 9.89. The molecule has 8 heteroatoms. The monoisotopic (exact) mass is 387 g/mol. The van der Waals surface area contributed by atoms with Crippen LogP contribution in [-0.4, -0.2) is 69.8 Å². The highest BCUT2D eigenvalue weighted by atomic mass is 32.2. The predicted molar refractivity (Wildman–Crippen MR) is 108 cm³/mol. The van der Waals surface area contributed by atoms with Gasteiger partial charge < -0.3 is 10.6 Å². The molecule has 2 rings (SSSR count). The molecule has 3 N–H and O–H groups in total. The van der Waals surface area contributed by atoms with Crippen LogP contribution in [0.25, 0.3) is 0 Å². The third-order valence-electron chi connectivity index (χ3n) is 5.27. The molecule has 1 saturated carbocycles. The quantitative estimate of drug-likeness (QED) is 0.472. The highest BCUT2D eigenvalue weighted by molar-refractivity contribution is 7.88. The molecule has 1 aliphatic heterocycles. The zero-order valence-electron chi connectivity index (χ0n) is 16.8. The second-order valence-electron chi connectivity index (χ2n) is 8.45. The summed E-state index contributed by atoms with van der Waals surface area (Å²) in [6.45, 7) is 6.47. The minimum atomic E-state index is -3.24. The molecule has 0 amide bonds. The topological polar surface area (TPSA) is 85.8 Å². The normalized spacial score (nSPS) is 24.5. The number of likely N-dealkylation sites (tertiary alicyclic amines) is 1. The van der Waals surface area contributed by atoms with E-state index < -0.39 is 15.6 Å². The van der Waals surface area contributed by atoms with E-state index in [1.807, 2.05) is 13.8 Å². The number of sulfonamides is 1. The molecule has 0 radical (unpaired) electrons. The van der Waals surface area contributed by atoms with E-state index in [0.717, 1.165) is 25.0 Å². The summed E-state index contributed by atoms with van der Waals surface area (Å²) in [5.74, 6) is 0.740. The summed E-state index contributed by atoms with van der Waals surface area (Å²) in [6.07, 6.45) is 10.3. The molecule has 0 aromatic carbocycles. The van der Waals surface area contributed by atoms with Crippen molar-refractivity contribution in [1.82, 2.24) is 20.3 Å². The number of nitrogens with zero attached hydrogens (tertiary/aromatic N) is 2. The number of guanidine groups is 1. The van der Waals surface area contributed by atoms with Gasteiger partial charge in [-0.2, -0.15) is 0 Å². The van der Waals surface area contributed by atoms with Crippen LogP contribution in [0, 0.1) is 0 Å². The zero-order valence-corrected chi connectivity index (χ0v) is 17.7. The fourth-order valence-corrected chi connectivity index (χ4v) is 5.21. The summed E-state index contributed by atoms with van der Waals surface area (Å²) in [6, 6.07) is 1.14. The summed E-state index contributed by atoms with van der Waals surface area (Å²) in [5.41, 5.74) is -0.577. The molecular formula is C18H37N5O2S. The number of rotatable bonds is 6. The molecule has 1 aliphatic carbocycles. The van der Waals surface area contributed by atoms with Gasteiger partial charge in [-0.25, -0.2) is 13.1 Å². The average molecular weight is 388 g/mol. The summed E-state index contributed by atoms with van der Waals surface area (Å²) in [7, 11) is -1.48. The molecule has 0 aromatic rings. The Labute approximate surface area is 159 Å². The second-order valence-corrected chi connectivity index (χ2v) is 10.2. The van der Waals surface area contributed by atoms with E-state index in [-0.39, 0.29) is 0 Å². The highest BCUT2D eigenvalue weighted by Gasteiger charge is 2.28. The van der Waals surface area contributed by atoms with Crippen molar-refractivity contribution in [3.05, 3.63) is 0 Å². The lowest BCUT2D eigenvalue weighted by atomic mass is 9.92. The molecule has 152 valence electrons. The number of nitrogens with one attached hydrogen (secondary N) is 3. The van der Waals surface area contributed by atoms with Crippen molar-refractivity contribution in [2.24, 2.45) is 4.99 Å². The predicted octanol–water partition coefficient (Wildman–Crippen LogP) is 1.28. The van der Waals surface area contributed by atoms with E-state index in [0.29, 0.717) is 12.6 Å². The minimum Gasteiger partial charge on any atom is -0.355 e. The zero-order chi connectivity index (χ0) is 19.2. The first kappa shape index (κ1) is 21.4. The lowest BCUT2D eigenvalue weighted by Crippen LogP contribution is -2.56. The van der Waals surface area contributed by atoms with Crippen molar-refractivity contribution in [3.63, 3.8) is 0 Å². The number of piperidine rings is 1. The lowest BCUT2D eigenvalue weighted by Gasteiger charge is -2.40. The van der Waals surface area contributed by atoms with Crippen LogP contribution >= 0.6 is 0 Å². The van der Waals surface area contributed by atoms with Crippen molar-refractivity contribution in [2.45, 2.75) is 76.4 Å². The van der Waals surface area contributed by atoms with Gasteiger partial charge in [0.1, 0.15) is 0 Å². The Balaban J connectivity index is 1.83. The van der Waals surface area contributed by atoms with Crippen LogP contribution in [0.3, 0.4) is 0 Å². The molecule has 0 spiro atoms. The standard InChI is InChI=1S/C18H37N5O2S/c1-18(2,22-26(4,24)25)14-20-17(19-3)21-15-9-8-12-23(13-15)16-10-6-5-7-11-16/h15-16,22H,5-14H2,1-4H3,(H2,19,20,21). The maximum Gasteiger partial charge on any atom is 0.209 e. The van der Waals surface area contributed by atoms with Crippen molar-refractivity contribution in [3.8, 4) is 0 Å². The van der Waals surface area contributed by atoms with E-state index in [1.54, 1.807) is 7.05 Å². The van der Waals surface area contributed by atoms with Crippen LogP contribution < -0.4 is 15.4 Å². The SMILES string of the molecule is CN=C(NCC(C)(C)NS(C)(=O)=O)NC1CCCN(C2CCCCC2)C1. The summed E-state index contributed by atoms with van der Waals surface area (Å²) in [5, 5.41) is 6.80. The van der Waals surface area contributed by atoms with Gasteiger partial charge in [0.15, 0.2) is 5.96 Å². The van der Waals surface area contributed by atoms with Crippen LogP contribution in [0.1, 0.15) is 58.8 Å². The number of hydrogen-bond donors (Lipinski definition) is 3. The average Bonchev–Trinajstić information content (AvgIpc) is 2.57. The Hall–Kier alpha value is -0.860. The molecule has 26 heavy (non-hydrogen) atoms. The van der Waals surface area contributed by atoms with Crippen molar-refractivity contribution in [2.75, 3.05) is 32.9 Å². The van der Waals surface area contributed by atoms with E-state index >= 15 is 0 Å². The van der Waals surface area contributed by atoms with Crippen molar-refractivity contribution >= 4 is 16.0 Å². The maximum atomic E-state index is 11.5. The Morgan fingerprint density at radius 3 is 2.46 bits per heavy atom.